The van der Waals surface area contributed by atoms with Crippen LogP contribution in [-0.4, -0.2) is 30.1 Å². The fourth-order valence-corrected chi connectivity index (χ4v) is 4.46. The van der Waals surface area contributed by atoms with Gasteiger partial charge < -0.3 is 9.30 Å². The zero-order chi connectivity index (χ0) is 21.1. The summed E-state index contributed by atoms with van der Waals surface area (Å²) in [4.78, 5) is 8.48. The molecule has 2 aromatic heterocycles. The van der Waals surface area contributed by atoms with E-state index < -0.39 is 10.0 Å². The lowest BCUT2D eigenvalue weighted by Crippen LogP contribution is -2.14. The molecular weight excluding hydrogens is 400 g/mol. The van der Waals surface area contributed by atoms with Crippen LogP contribution in [-0.2, 0) is 10.0 Å². The van der Waals surface area contributed by atoms with Gasteiger partial charge in [0, 0.05) is 35.8 Å². The van der Waals surface area contributed by atoms with Crippen LogP contribution in [0.5, 0.6) is 5.75 Å². The number of ether oxygens (including phenoxy) is 1. The largest absolute Gasteiger partial charge is 0.494 e. The summed E-state index contributed by atoms with van der Waals surface area (Å²) in [5.74, 6) is 0.521. The molecule has 2 heterocycles. The molecule has 0 fully saturated rings. The predicted octanol–water partition coefficient (Wildman–Crippen LogP) is 4.05. The molecule has 30 heavy (non-hydrogen) atoms. The van der Waals surface area contributed by atoms with Crippen molar-refractivity contribution in [1.29, 1.82) is 0 Å². The topological polar surface area (TPSA) is 86.1 Å². The number of rotatable bonds is 6. The van der Waals surface area contributed by atoms with Gasteiger partial charge in [-0.1, -0.05) is 24.3 Å². The van der Waals surface area contributed by atoms with Crippen molar-refractivity contribution in [1.82, 2.24) is 14.5 Å². The zero-order valence-corrected chi connectivity index (χ0v) is 17.3. The molecule has 0 saturated carbocycles. The van der Waals surface area contributed by atoms with Crippen molar-refractivity contribution in [2.75, 3.05) is 11.8 Å². The Morgan fingerprint density at radius 3 is 2.60 bits per heavy atom. The summed E-state index contributed by atoms with van der Waals surface area (Å²) in [5.41, 5.74) is 3.33. The summed E-state index contributed by atoms with van der Waals surface area (Å²) in [6.07, 6.45) is 6.83. The van der Waals surface area contributed by atoms with Crippen LogP contribution >= 0.6 is 0 Å². The number of methoxy groups -OCH3 is 1. The van der Waals surface area contributed by atoms with Crippen molar-refractivity contribution >= 4 is 15.7 Å². The maximum Gasteiger partial charge on any atom is 0.262 e. The number of pyridine rings is 1. The van der Waals surface area contributed by atoms with E-state index in [4.69, 9.17) is 4.74 Å². The third-order valence-electron chi connectivity index (χ3n) is 4.57. The molecule has 2 aromatic carbocycles. The van der Waals surface area contributed by atoms with Crippen LogP contribution in [0.2, 0.25) is 0 Å². The number of anilines is 1. The van der Waals surface area contributed by atoms with Gasteiger partial charge in [-0.05, 0) is 31.2 Å². The molecule has 8 heteroatoms. The van der Waals surface area contributed by atoms with E-state index in [1.807, 2.05) is 23.8 Å². The minimum Gasteiger partial charge on any atom is -0.494 e. The molecule has 0 aliphatic heterocycles. The van der Waals surface area contributed by atoms with E-state index in [1.54, 1.807) is 74.4 Å². The van der Waals surface area contributed by atoms with Crippen molar-refractivity contribution in [3.63, 3.8) is 0 Å². The summed E-state index contributed by atoms with van der Waals surface area (Å²) >= 11 is 0. The molecule has 4 rings (SSSR count). The van der Waals surface area contributed by atoms with E-state index in [2.05, 4.69) is 14.7 Å². The predicted molar refractivity (Wildman–Crippen MR) is 115 cm³/mol. The molecule has 0 atom stereocenters. The number of hydrogen-bond donors (Lipinski definition) is 1. The molecule has 0 bridgehead atoms. The highest BCUT2D eigenvalue weighted by Gasteiger charge is 2.20. The number of benzene rings is 2. The van der Waals surface area contributed by atoms with Gasteiger partial charge in [0.2, 0.25) is 0 Å². The van der Waals surface area contributed by atoms with Gasteiger partial charge in [0.15, 0.2) is 0 Å². The summed E-state index contributed by atoms with van der Waals surface area (Å²) in [6, 6.07) is 15.5. The third kappa shape index (κ3) is 3.90. The minimum absolute atomic E-state index is 0.172. The van der Waals surface area contributed by atoms with Crippen molar-refractivity contribution in [2.45, 2.75) is 11.8 Å². The van der Waals surface area contributed by atoms with Crippen LogP contribution in [0.25, 0.3) is 16.8 Å². The van der Waals surface area contributed by atoms with Crippen LogP contribution in [0, 0.1) is 6.92 Å². The van der Waals surface area contributed by atoms with Gasteiger partial charge in [0.25, 0.3) is 10.0 Å². The third-order valence-corrected chi connectivity index (χ3v) is 6.01. The molecule has 0 saturated heterocycles. The van der Waals surface area contributed by atoms with Crippen molar-refractivity contribution in [2.24, 2.45) is 0 Å². The van der Waals surface area contributed by atoms with Gasteiger partial charge in [0.1, 0.15) is 5.75 Å². The molecule has 0 amide bonds. The first-order valence-corrected chi connectivity index (χ1v) is 10.7. The maximum absolute atomic E-state index is 13.2. The lowest BCUT2D eigenvalue weighted by atomic mass is 10.1. The van der Waals surface area contributed by atoms with Crippen LogP contribution in [0.1, 0.15) is 5.69 Å². The number of hydrogen-bond acceptors (Lipinski definition) is 5. The summed E-state index contributed by atoms with van der Waals surface area (Å²) in [6.45, 7) is 1.89. The molecule has 0 radical (unpaired) electrons. The van der Waals surface area contributed by atoms with Crippen molar-refractivity contribution in [3.05, 3.63) is 85.2 Å². The number of aryl methyl sites for hydroxylation is 1. The van der Waals surface area contributed by atoms with E-state index in [9.17, 15) is 8.42 Å². The summed E-state index contributed by atoms with van der Waals surface area (Å²) in [7, 11) is -2.30. The van der Waals surface area contributed by atoms with Crippen molar-refractivity contribution < 1.29 is 13.2 Å². The number of nitrogens with one attached hydrogen (secondary N) is 1. The van der Waals surface area contributed by atoms with E-state index >= 15 is 0 Å². The standard InChI is InChI=1S/C22H20N4O3S/c1-16-14-26(15-24-16)20-10-9-18(12-21(20)29-2)25-30(27,28)22-8-4-3-7-19(22)17-6-5-11-23-13-17/h3-15,25H,1-2H3. The number of nitrogens with zero attached hydrogens (tertiary/aromatic N) is 3. The average molecular weight is 420 g/mol. The van der Waals surface area contributed by atoms with Crippen LogP contribution in [0.3, 0.4) is 0 Å². The second-order valence-electron chi connectivity index (χ2n) is 6.65. The van der Waals surface area contributed by atoms with E-state index in [0.29, 0.717) is 17.0 Å². The molecule has 1 N–H and O–H groups in total. The Morgan fingerprint density at radius 1 is 1.07 bits per heavy atom. The van der Waals surface area contributed by atoms with Gasteiger partial charge >= 0.3 is 0 Å². The molecule has 4 aromatic rings. The summed E-state index contributed by atoms with van der Waals surface area (Å²) in [5, 5.41) is 0. The number of aromatic nitrogens is 3. The van der Waals surface area contributed by atoms with Crippen LogP contribution in [0.15, 0.2) is 84.4 Å². The molecule has 7 nitrogen and oxygen atoms in total. The Kier molecular flexibility index (Phi) is 5.24. The minimum atomic E-state index is -3.84. The monoisotopic (exact) mass is 420 g/mol. The molecule has 0 unspecified atom stereocenters. The Labute approximate surface area is 175 Å². The molecule has 0 aliphatic rings. The van der Waals surface area contributed by atoms with Crippen LogP contribution in [0.4, 0.5) is 5.69 Å². The number of imidazole rings is 1. The fraction of sp³-hybridized carbons (Fsp3) is 0.0909. The fourth-order valence-electron chi connectivity index (χ4n) is 3.18. The Morgan fingerprint density at radius 2 is 1.90 bits per heavy atom. The zero-order valence-electron chi connectivity index (χ0n) is 16.5. The highest BCUT2D eigenvalue weighted by atomic mass is 32.2. The lowest BCUT2D eigenvalue weighted by molar-refractivity contribution is 0.413. The van der Waals surface area contributed by atoms with E-state index in [0.717, 1.165) is 16.9 Å². The Hall–Kier alpha value is -3.65. The first kappa shape index (κ1) is 19.7. The van der Waals surface area contributed by atoms with Gasteiger partial charge in [-0.15, -0.1) is 0 Å². The van der Waals surface area contributed by atoms with E-state index in [-0.39, 0.29) is 4.90 Å². The van der Waals surface area contributed by atoms with Crippen LogP contribution < -0.4 is 9.46 Å². The Bertz CT molecular complexity index is 1280. The highest BCUT2D eigenvalue weighted by molar-refractivity contribution is 7.92. The van der Waals surface area contributed by atoms with E-state index in [1.165, 1.54) is 0 Å². The molecule has 0 spiro atoms. The highest BCUT2D eigenvalue weighted by Crippen LogP contribution is 2.31. The lowest BCUT2D eigenvalue weighted by Gasteiger charge is -2.15. The average Bonchev–Trinajstić information content (AvgIpc) is 3.20. The normalized spacial score (nSPS) is 11.3. The van der Waals surface area contributed by atoms with Gasteiger partial charge in [-0.2, -0.15) is 0 Å². The molecule has 152 valence electrons. The summed E-state index contributed by atoms with van der Waals surface area (Å²) < 4.78 is 36.3. The second kappa shape index (κ2) is 8.00. The van der Waals surface area contributed by atoms with Crippen molar-refractivity contribution in [3.8, 4) is 22.6 Å². The first-order chi connectivity index (χ1) is 14.5. The quantitative estimate of drug-likeness (QED) is 0.509. The van der Waals surface area contributed by atoms with Gasteiger partial charge in [0.05, 0.1) is 35.4 Å². The Balaban J connectivity index is 1.70. The van der Waals surface area contributed by atoms with Gasteiger partial charge in [-0.25, -0.2) is 13.4 Å². The molecule has 0 aliphatic carbocycles. The van der Waals surface area contributed by atoms with Gasteiger partial charge in [-0.3, -0.25) is 9.71 Å². The second-order valence-corrected chi connectivity index (χ2v) is 8.30. The maximum atomic E-state index is 13.2. The first-order valence-electron chi connectivity index (χ1n) is 9.19. The molecular formula is C22H20N4O3S. The smallest absolute Gasteiger partial charge is 0.262 e. The SMILES string of the molecule is COc1cc(NS(=O)(=O)c2ccccc2-c2cccnc2)ccc1-n1cnc(C)c1. The number of sulfonamides is 1.